The van der Waals surface area contributed by atoms with Gasteiger partial charge >= 0.3 is 0 Å². The first-order chi connectivity index (χ1) is 8.86. The van der Waals surface area contributed by atoms with Gasteiger partial charge in [-0.1, -0.05) is 28.1 Å². The highest BCUT2D eigenvalue weighted by Crippen LogP contribution is 2.30. The summed E-state index contributed by atoms with van der Waals surface area (Å²) in [6.45, 7) is 0.778. The molecule has 0 bridgehead atoms. The maximum atomic E-state index is 5.73. The van der Waals surface area contributed by atoms with E-state index in [0.29, 0.717) is 0 Å². The molecule has 0 saturated carbocycles. The van der Waals surface area contributed by atoms with E-state index in [9.17, 15) is 0 Å². The molecule has 0 amide bonds. The molecule has 1 atom stereocenters. The monoisotopic (exact) mass is 308 g/mol. The van der Waals surface area contributed by atoms with Crippen molar-refractivity contribution in [1.29, 1.82) is 0 Å². The minimum Gasteiger partial charge on any atom is -0.356 e. The van der Waals surface area contributed by atoms with Gasteiger partial charge in [0.25, 0.3) is 0 Å². The third-order valence-corrected chi connectivity index (χ3v) is 3.73. The molecular formula is C12H13BrN4O. The summed E-state index contributed by atoms with van der Waals surface area (Å²) in [7, 11) is 0. The van der Waals surface area contributed by atoms with Crippen LogP contribution in [0.25, 0.3) is 11.4 Å². The van der Waals surface area contributed by atoms with Gasteiger partial charge in [-0.25, -0.2) is 0 Å². The van der Waals surface area contributed by atoms with E-state index in [0.717, 1.165) is 41.7 Å². The quantitative estimate of drug-likeness (QED) is 0.856. The van der Waals surface area contributed by atoms with Crippen molar-refractivity contribution in [2.24, 2.45) is 0 Å². The summed E-state index contributed by atoms with van der Waals surface area (Å²) in [6.07, 6.45) is 3.18. The smallest absolute Gasteiger partial charge is 0.185 e. The molecule has 1 unspecified atom stereocenters. The van der Waals surface area contributed by atoms with Gasteiger partial charge in [-0.2, -0.15) is 4.68 Å². The maximum Gasteiger partial charge on any atom is 0.185 e. The Morgan fingerprint density at radius 2 is 2.17 bits per heavy atom. The summed E-state index contributed by atoms with van der Waals surface area (Å²) in [4.78, 5) is 0. The number of hydrogen-bond acceptors (Lipinski definition) is 4. The number of nitrogens with zero attached hydrogens (tertiary/aromatic N) is 4. The van der Waals surface area contributed by atoms with Gasteiger partial charge in [0.1, 0.15) is 0 Å². The van der Waals surface area contributed by atoms with E-state index >= 15 is 0 Å². The lowest BCUT2D eigenvalue weighted by atomic mass is 10.1. The van der Waals surface area contributed by atoms with E-state index in [1.54, 1.807) is 4.68 Å². The number of rotatable bonds is 2. The predicted octanol–water partition coefficient (Wildman–Crippen LogP) is 2.80. The second-order valence-electron chi connectivity index (χ2n) is 4.25. The fourth-order valence-corrected chi connectivity index (χ4v) is 2.59. The molecule has 5 nitrogen and oxygen atoms in total. The molecule has 0 radical (unpaired) electrons. The Morgan fingerprint density at radius 3 is 2.94 bits per heavy atom. The molecule has 0 N–H and O–H groups in total. The van der Waals surface area contributed by atoms with Gasteiger partial charge in [-0.15, -0.1) is 5.10 Å². The van der Waals surface area contributed by atoms with Crippen molar-refractivity contribution in [2.75, 3.05) is 6.61 Å². The van der Waals surface area contributed by atoms with Crippen molar-refractivity contribution in [3.05, 3.63) is 28.7 Å². The van der Waals surface area contributed by atoms with Crippen LogP contribution in [0.3, 0.4) is 0 Å². The lowest BCUT2D eigenvalue weighted by Crippen LogP contribution is -2.20. The molecule has 2 heterocycles. The van der Waals surface area contributed by atoms with Gasteiger partial charge in [-0.05, 0) is 41.8 Å². The number of ether oxygens (including phenoxy) is 1. The lowest BCUT2D eigenvalue weighted by Gasteiger charge is -2.23. The van der Waals surface area contributed by atoms with Crippen LogP contribution in [0.4, 0.5) is 0 Å². The molecule has 18 heavy (non-hydrogen) atoms. The van der Waals surface area contributed by atoms with E-state index in [4.69, 9.17) is 4.74 Å². The van der Waals surface area contributed by atoms with Gasteiger partial charge in [0.05, 0.1) is 0 Å². The molecule has 1 aliphatic heterocycles. The van der Waals surface area contributed by atoms with Crippen molar-refractivity contribution in [3.63, 3.8) is 0 Å². The number of benzene rings is 1. The van der Waals surface area contributed by atoms with Crippen LogP contribution in [0.2, 0.25) is 0 Å². The minimum atomic E-state index is -0.0455. The first-order valence-electron chi connectivity index (χ1n) is 6.00. The van der Waals surface area contributed by atoms with Crippen molar-refractivity contribution >= 4 is 15.9 Å². The molecule has 6 heteroatoms. The second kappa shape index (κ2) is 5.16. The zero-order valence-corrected chi connectivity index (χ0v) is 11.4. The minimum absolute atomic E-state index is 0.0455. The van der Waals surface area contributed by atoms with Crippen LogP contribution in [0.15, 0.2) is 28.7 Å². The fourth-order valence-electron chi connectivity index (χ4n) is 2.12. The number of aromatic nitrogens is 4. The Kier molecular flexibility index (Phi) is 3.38. The molecule has 0 aliphatic carbocycles. The number of hydrogen-bond donors (Lipinski definition) is 0. The molecule has 2 aromatic rings. The van der Waals surface area contributed by atoms with Crippen LogP contribution < -0.4 is 0 Å². The summed E-state index contributed by atoms with van der Waals surface area (Å²) in [5.74, 6) is 0.745. The summed E-state index contributed by atoms with van der Waals surface area (Å²) in [6, 6.07) is 7.92. The zero-order valence-electron chi connectivity index (χ0n) is 9.79. The largest absolute Gasteiger partial charge is 0.356 e. The van der Waals surface area contributed by atoms with Gasteiger partial charge in [0.2, 0.25) is 0 Å². The molecule has 1 fully saturated rings. The highest BCUT2D eigenvalue weighted by molar-refractivity contribution is 9.10. The topological polar surface area (TPSA) is 52.8 Å². The average molecular weight is 309 g/mol. The molecule has 94 valence electrons. The summed E-state index contributed by atoms with van der Waals surface area (Å²) >= 11 is 3.53. The third-order valence-electron chi connectivity index (χ3n) is 3.04. The molecule has 1 aromatic heterocycles. The van der Waals surface area contributed by atoms with E-state index in [1.165, 1.54) is 0 Å². The zero-order chi connectivity index (χ0) is 12.4. The van der Waals surface area contributed by atoms with Crippen molar-refractivity contribution in [1.82, 2.24) is 20.2 Å². The Bertz CT molecular complexity index is 536. The molecule has 1 saturated heterocycles. The van der Waals surface area contributed by atoms with Crippen LogP contribution in [-0.2, 0) is 4.74 Å². The Hall–Kier alpha value is -1.27. The number of halogens is 1. The van der Waals surface area contributed by atoms with Crippen LogP contribution in [-0.4, -0.2) is 26.8 Å². The van der Waals surface area contributed by atoms with Gasteiger partial charge in [0, 0.05) is 16.6 Å². The van der Waals surface area contributed by atoms with Crippen molar-refractivity contribution in [2.45, 2.75) is 25.5 Å². The maximum absolute atomic E-state index is 5.73. The Balaban J connectivity index is 1.98. The van der Waals surface area contributed by atoms with E-state index < -0.39 is 0 Å². The van der Waals surface area contributed by atoms with Gasteiger partial charge < -0.3 is 4.74 Å². The van der Waals surface area contributed by atoms with Crippen LogP contribution in [0.5, 0.6) is 0 Å². The average Bonchev–Trinajstić information content (AvgIpc) is 2.89. The lowest BCUT2D eigenvalue weighted by molar-refractivity contribution is -0.0394. The number of tetrazole rings is 1. The summed E-state index contributed by atoms with van der Waals surface area (Å²) < 4.78 is 8.49. The van der Waals surface area contributed by atoms with Gasteiger partial charge in [-0.3, -0.25) is 0 Å². The third kappa shape index (κ3) is 2.18. The van der Waals surface area contributed by atoms with Crippen LogP contribution >= 0.6 is 15.9 Å². The van der Waals surface area contributed by atoms with Crippen LogP contribution in [0, 0.1) is 0 Å². The second-order valence-corrected chi connectivity index (χ2v) is 5.10. The summed E-state index contributed by atoms with van der Waals surface area (Å²) in [5, 5.41) is 12.0. The molecule has 0 spiro atoms. The first-order valence-corrected chi connectivity index (χ1v) is 6.80. The predicted molar refractivity (Wildman–Crippen MR) is 69.8 cm³/mol. The SMILES string of the molecule is Brc1ccccc1-c1nnnn1C1CCCCO1. The van der Waals surface area contributed by atoms with E-state index in [2.05, 4.69) is 31.5 Å². The Morgan fingerprint density at radius 1 is 1.28 bits per heavy atom. The van der Waals surface area contributed by atoms with Crippen molar-refractivity contribution < 1.29 is 4.74 Å². The highest BCUT2D eigenvalue weighted by atomic mass is 79.9. The standard InChI is InChI=1S/C12H13BrN4O/c13-10-6-2-1-5-9(10)12-14-15-16-17(12)11-7-3-4-8-18-11/h1-2,5-6,11H,3-4,7-8H2. The summed E-state index contributed by atoms with van der Waals surface area (Å²) in [5.41, 5.74) is 0.983. The highest BCUT2D eigenvalue weighted by Gasteiger charge is 2.22. The Labute approximate surface area is 113 Å². The van der Waals surface area contributed by atoms with E-state index in [-0.39, 0.29) is 6.23 Å². The van der Waals surface area contributed by atoms with Crippen LogP contribution in [0.1, 0.15) is 25.5 Å². The molecular weight excluding hydrogens is 296 g/mol. The van der Waals surface area contributed by atoms with E-state index in [1.807, 2.05) is 24.3 Å². The molecule has 1 aliphatic rings. The van der Waals surface area contributed by atoms with Gasteiger partial charge in [0.15, 0.2) is 12.1 Å². The van der Waals surface area contributed by atoms with Crippen molar-refractivity contribution in [3.8, 4) is 11.4 Å². The molecule has 1 aromatic carbocycles. The fraction of sp³-hybridized carbons (Fsp3) is 0.417. The molecule has 3 rings (SSSR count). The normalized spacial score (nSPS) is 19.9. The first kappa shape index (κ1) is 11.8.